The van der Waals surface area contributed by atoms with Gasteiger partial charge in [0.15, 0.2) is 5.82 Å². The standard InChI is InChI=1S/C9H8F3N5/c1-5-3-16-7(6-2-13-4-17(5)6)14-15-8(16)9(10,11)12/h2,4-5H,3H2,1H3/t5-/m0/s1. The van der Waals surface area contributed by atoms with E-state index in [1.54, 1.807) is 10.9 Å². The van der Waals surface area contributed by atoms with Crippen molar-refractivity contribution in [1.29, 1.82) is 0 Å². The first-order valence-corrected chi connectivity index (χ1v) is 5.01. The SMILES string of the molecule is C[C@H]1Cn2c(nnc2C(F)(F)F)-c2cncn21. The molecule has 1 aliphatic rings. The topological polar surface area (TPSA) is 48.5 Å². The molecule has 5 nitrogen and oxygen atoms in total. The van der Waals surface area contributed by atoms with E-state index in [0.29, 0.717) is 5.69 Å². The van der Waals surface area contributed by atoms with Crippen molar-refractivity contribution in [3.05, 3.63) is 18.3 Å². The van der Waals surface area contributed by atoms with E-state index in [2.05, 4.69) is 15.2 Å². The predicted octanol–water partition coefficient (Wildman–Crippen LogP) is 1.73. The fourth-order valence-corrected chi connectivity index (χ4v) is 2.06. The normalized spacial score (nSPS) is 18.9. The zero-order valence-corrected chi connectivity index (χ0v) is 8.81. The second-order valence-electron chi connectivity index (χ2n) is 3.99. The Hall–Kier alpha value is -1.86. The van der Waals surface area contributed by atoms with E-state index in [-0.39, 0.29) is 18.4 Å². The number of alkyl halides is 3. The van der Waals surface area contributed by atoms with Crippen molar-refractivity contribution in [2.45, 2.75) is 25.7 Å². The summed E-state index contributed by atoms with van der Waals surface area (Å²) in [5.74, 6) is -0.736. The van der Waals surface area contributed by atoms with Crippen LogP contribution in [0.1, 0.15) is 18.8 Å². The molecule has 0 unspecified atom stereocenters. The first kappa shape index (κ1) is 10.3. The van der Waals surface area contributed by atoms with Crippen molar-refractivity contribution in [3.8, 4) is 11.5 Å². The summed E-state index contributed by atoms with van der Waals surface area (Å²) in [6.45, 7) is 2.02. The number of hydrogen-bond acceptors (Lipinski definition) is 3. The Labute approximate surface area is 93.9 Å². The van der Waals surface area contributed by atoms with Gasteiger partial charge in [-0.05, 0) is 6.92 Å². The average molecular weight is 243 g/mol. The summed E-state index contributed by atoms with van der Waals surface area (Å²) in [7, 11) is 0. The van der Waals surface area contributed by atoms with Crippen LogP contribution in [0.3, 0.4) is 0 Å². The molecule has 0 N–H and O–H groups in total. The lowest BCUT2D eigenvalue weighted by molar-refractivity contribution is -0.147. The molecule has 3 rings (SSSR count). The number of fused-ring (bicyclic) bond motifs is 3. The second-order valence-corrected chi connectivity index (χ2v) is 3.99. The summed E-state index contributed by atoms with van der Waals surface area (Å²) >= 11 is 0. The molecule has 0 spiro atoms. The van der Waals surface area contributed by atoms with Gasteiger partial charge in [0.2, 0.25) is 5.82 Å². The predicted molar refractivity (Wildman–Crippen MR) is 51.0 cm³/mol. The quantitative estimate of drug-likeness (QED) is 0.708. The average Bonchev–Trinajstić information content (AvgIpc) is 2.78. The van der Waals surface area contributed by atoms with Gasteiger partial charge in [0.25, 0.3) is 0 Å². The zero-order valence-electron chi connectivity index (χ0n) is 8.81. The maximum absolute atomic E-state index is 12.7. The van der Waals surface area contributed by atoms with Gasteiger partial charge in [0, 0.05) is 6.54 Å². The minimum absolute atomic E-state index is 0.0999. The van der Waals surface area contributed by atoms with E-state index in [9.17, 15) is 13.2 Å². The molecule has 0 aliphatic carbocycles. The van der Waals surface area contributed by atoms with Crippen molar-refractivity contribution in [2.75, 3.05) is 0 Å². The first-order valence-electron chi connectivity index (χ1n) is 5.01. The highest BCUT2D eigenvalue weighted by Gasteiger charge is 2.40. The Balaban J connectivity index is 2.22. The number of nitrogens with zero attached hydrogens (tertiary/aromatic N) is 5. The van der Waals surface area contributed by atoms with E-state index >= 15 is 0 Å². The molecule has 1 aliphatic heterocycles. The summed E-state index contributed by atoms with van der Waals surface area (Å²) < 4.78 is 41.0. The van der Waals surface area contributed by atoms with Gasteiger partial charge < -0.3 is 4.57 Å². The van der Waals surface area contributed by atoms with Crippen molar-refractivity contribution < 1.29 is 13.2 Å². The van der Waals surface area contributed by atoms with Gasteiger partial charge in [0.1, 0.15) is 5.69 Å². The van der Waals surface area contributed by atoms with Crippen LogP contribution in [0.15, 0.2) is 12.5 Å². The van der Waals surface area contributed by atoms with Gasteiger partial charge in [-0.3, -0.25) is 4.57 Å². The minimum atomic E-state index is -4.48. The molecule has 0 radical (unpaired) electrons. The summed E-state index contributed by atoms with van der Waals surface area (Å²) in [5, 5.41) is 6.83. The van der Waals surface area contributed by atoms with Gasteiger partial charge in [0.05, 0.1) is 18.6 Å². The van der Waals surface area contributed by atoms with E-state index < -0.39 is 12.0 Å². The van der Waals surface area contributed by atoms with Gasteiger partial charge in [-0.2, -0.15) is 13.2 Å². The molecule has 3 heterocycles. The largest absolute Gasteiger partial charge is 0.451 e. The zero-order chi connectivity index (χ0) is 12.2. The maximum Gasteiger partial charge on any atom is 0.451 e. The monoisotopic (exact) mass is 243 g/mol. The molecule has 17 heavy (non-hydrogen) atoms. The van der Waals surface area contributed by atoms with Crippen LogP contribution in [0.4, 0.5) is 13.2 Å². The van der Waals surface area contributed by atoms with E-state index in [1.807, 2.05) is 6.92 Å². The van der Waals surface area contributed by atoms with Crippen LogP contribution < -0.4 is 0 Å². The van der Waals surface area contributed by atoms with Crippen LogP contribution in [0.2, 0.25) is 0 Å². The van der Waals surface area contributed by atoms with Crippen molar-refractivity contribution in [3.63, 3.8) is 0 Å². The van der Waals surface area contributed by atoms with Crippen LogP contribution in [0.5, 0.6) is 0 Å². The third kappa shape index (κ3) is 1.36. The summed E-state index contributed by atoms with van der Waals surface area (Å²) in [4.78, 5) is 3.93. The van der Waals surface area contributed by atoms with Crippen molar-refractivity contribution >= 4 is 0 Å². The molecule has 0 saturated carbocycles. The Morgan fingerprint density at radius 3 is 2.82 bits per heavy atom. The minimum Gasteiger partial charge on any atom is -0.323 e. The molecule has 0 amide bonds. The van der Waals surface area contributed by atoms with Crippen LogP contribution >= 0.6 is 0 Å². The molecule has 8 heteroatoms. The molecule has 2 aromatic rings. The third-order valence-electron chi connectivity index (χ3n) is 2.82. The number of hydrogen-bond donors (Lipinski definition) is 0. The molecule has 0 bridgehead atoms. The van der Waals surface area contributed by atoms with Crippen LogP contribution in [-0.2, 0) is 12.7 Å². The highest BCUT2D eigenvalue weighted by Crippen LogP contribution is 2.34. The highest BCUT2D eigenvalue weighted by atomic mass is 19.4. The molecular weight excluding hydrogens is 235 g/mol. The molecule has 1 atom stereocenters. The Bertz CT molecular complexity index is 567. The second kappa shape index (κ2) is 3.08. The van der Waals surface area contributed by atoms with E-state index in [4.69, 9.17) is 0 Å². The molecule has 2 aromatic heterocycles. The smallest absolute Gasteiger partial charge is 0.323 e. The Morgan fingerprint density at radius 1 is 1.35 bits per heavy atom. The number of rotatable bonds is 0. The fraction of sp³-hybridized carbons (Fsp3) is 0.444. The van der Waals surface area contributed by atoms with E-state index in [1.165, 1.54) is 6.20 Å². The first-order chi connectivity index (χ1) is 7.98. The number of halogens is 3. The highest BCUT2D eigenvalue weighted by molar-refractivity contribution is 5.51. The third-order valence-corrected chi connectivity index (χ3v) is 2.82. The lowest BCUT2D eigenvalue weighted by Gasteiger charge is -2.24. The van der Waals surface area contributed by atoms with Crippen molar-refractivity contribution in [1.82, 2.24) is 24.3 Å². The van der Waals surface area contributed by atoms with Crippen molar-refractivity contribution in [2.24, 2.45) is 0 Å². The molecular formula is C9H8F3N5. The molecule has 0 aromatic carbocycles. The molecule has 90 valence electrons. The summed E-state index contributed by atoms with van der Waals surface area (Å²) in [6.07, 6.45) is -1.39. The molecule has 0 fully saturated rings. The van der Waals surface area contributed by atoms with E-state index in [0.717, 1.165) is 4.57 Å². The van der Waals surface area contributed by atoms with Crippen LogP contribution in [-0.4, -0.2) is 24.3 Å². The van der Waals surface area contributed by atoms with Gasteiger partial charge in [-0.15, -0.1) is 10.2 Å². The lowest BCUT2D eigenvalue weighted by Crippen LogP contribution is -2.24. The Morgan fingerprint density at radius 2 is 2.12 bits per heavy atom. The number of imidazole rings is 1. The summed E-state index contributed by atoms with van der Waals surface area (Å²) in [6, 6.07) is -0.0999. The van der Waals surface area contributed by atoms with Gasteiger partial charge >= 0.3 is 6.18 Å². The van der Waals surface area contributed by atoms with Gasteiger partial charge in [-0.1, -0.05) is 0 Å². The van der Waals surface area contributed by atoms with Crippen LogP contribution in [0, 0.1) is 0 Å². The fourth-order valence-electron chi connectivity index (χ4n) is 2.06. The lowest BCUT2D eigenvalue weighted by atomic mass is 10.2. The Kier molecular flexibility index (Phi) is 1.87. The summed E-state index contributed by atoms with van der Waals surface area (Å²) in [5.41, 5.74) is 0.562. The number of aromatic nitrogens is 5. The maximum atomic E-state index is 12.7. The van der Waals surface area contributed by atoms with Gasteiger partial charge in [-0.25, -0.2) is 4.98 Å². The molecule has 0 saturated heterocycles. The van der Waals surface area contributed by atoms with Crippen LogP contribution in [0.25, 0.3) is 11.5 Å².